The highest BCUT2D eigenvalue weighted by atomic mass is 32.2. The van der Waals surface area contributed by atoms with Gasteiger partial charge in [-0.1, -0.05) is 12.8 Å². The average Bonchev–Trinajstić information content (AvgIpc) is 2.87. The Morgan fingerprint density at radius 3 is 2.24 bits per heavy atom. The Hall–Kier alpha value is -1.44. The molecule has 6 nitrogen and oxygen atoms in total. The van der Waals surface area contributed by atoms with Gasteiger partial charge in [0.05, 0.1) is 4.90 Å². The molecule has 1 aromatic carbocycles. The molecule has 1 saturated heterocycles. The van der Waals surface area contributed by atoms with E-state index >= 15 is 0 Å². The highest BCUT2D eigenvalue weighted by Gasteiger charge is 2.17. The van der Waals surface area contributed by atoms with Gasteiger partial charge in [0, 0.05) is 26.2 Å². The molecule has 25 heavy (non-hydrogen) atoms. The summed E-state index contributed by atoms with van der Waals surface area (Å²) in [4.78, 5) is 14.8. The molecule has 1 aliphatic rings. The minimum atomic E-state index is -3.46. The molecule has 0 radical (unpaired) electrons. The van der Waals surface area contributed by atoms with E-state index in [1.807, 2.05) is 0 Å². The summed E-state index contributed by atoms with van der Waals surface area (Å²) in [6.45, 7) is 3.97. The molecular weight excluding hydrogens is 338 g/mol. The van der Waals surface area contributed by atoms with Gasteiger partial charge in [0.25, 0.3) is 5.91 Å². The third-order valence-electron chi connectivity index (χ3n) is 4.53. The Balaban J connectivity index is 1.79. The molecule has 1 heterocycles. The lowest BCUT2D eigenvalue weighted by molar-refractivity contribution is 0.0951. The minimum absolute atomic E-state index is 0.162. The van der Waals surface area contributed by atoms with Crippen molar-refractivity contribution < 1.29 is 13.2 Å². The highest BCUT2D eigenvalue weighted by Crippen LogP contribution is 2.14. The first-order valence-corrected chi connectivity index (χ1v) is 10.4. The molecule has 1 amide bonds. The third kappa shape index (κ3) is 5.80. The predicted molar refractivity (Wildman–Crippen MR) is 99.2 cm³/mol. The molecule has 1 fully saturated rings. The quantitative estimate of drug-likeness (QED) is 0.748. The van der Waals surface area contributed by atoms with Gasteiger partial charge in [-0.2, -0.15) is 0 Å². The average molecular weight is 368 g/mol. The standard InChI is InChI=1S/C18H29N3O3S/c1-20(2)25(23,24)17-10-8-16(9-11-17)18(22)19-12-7-15-21-13-5-3-4-6-14-21/h8-11H,3-7,12-15H2,1-2H3,(H,19,22). The molecule has 0 aliphatic carbocycles. The van der Waals surface area contributed by atoms with Gasteiger partial charge in [0.2, 0.25) is 10.0 Å². The topological polar surface area (TPSA) is 69.7 Å². The Bertz CT molecular complexity index is 649. The van der Waals surface area contributed by atoms with Gasteiger partial charge in [-0.3, -0.25) is 4.79 Å². The van der Waals surface area contributed by atoms with Gasteiger partial charge >= 0.3 is 0 Å². The first-order valence-electron chi connectivity index (χ1n) is 8.94. The van der Waals surface area contributed by atoms with Crippen LogP contribution in [0.15, 0.2) is 29.2 Å². The van der Waals surface area contributed by atoms with E-state index in [1.165, 1.54) is 51.9 Å². The lowest BCUT2D eigenvalue weighted by Crippen LogP contribution is -2.30. The number of nitrogens with zero attached hydrogens (tertiary/aromatic N) is 2. The van der Waals surface area contributed by atoms with Crippen LogP contribution in [0.2, 0.25) is 0 Å². The Kier molecular flexibility index (Phi) is 7.40. The molecule has 0 bridgehead atoms. The van der Waals surface area contributed by atoms with Crippen LogP contribution in [0, 0.1) is 0 Å². The number of hydrogen-bond acceptors (Lipinski definition) is 4. The van der Waals surface area contributed by atoms with Crippen LogP contribution in [0.1, 0.15) is 42.5 Å². The van der Waals surface area contributed by atoms with Crippen molar-refractivity contribution in [1.82, 2.24) is 14.5 Å². The number of carbonyl (C=O) groups excluding carboxylic acids is 1. The fourth-order valence-corrected chi connectivity index (χ4v) is 3.86. The number of likely N-dealkylation sites (tertiary alicyclic amines) is 1. The van der Waals surface area contributed by atoms with Crippen molar-refractivity contribution in [3.8, 4) is 0 Å². The van der Waals surface area contributed by atoms with Crippen LogP contribution in [0.3, 0.4) is 0 Å². The van der Waals surface area contributed by atoms with Crippen LogP contribution in [-0.4, -0.2) is 63.8 Å². The maximum Gasteiger partial charge on any atom is 0.251 e. The molecule has 0 spiro atoms. The fourth-order valence-electron chi connectivity index (χ4n) is 2.96. The zero-order valence-electron chi connectivity index (χ0n) is 15.2. The Labute approximate surface area is 151 Å². The van der Waals surface area contributed by atoms with Crippen molar-refractivity contribution in [2.24, 2.45) is 0 Å². The normalized spacial score (nSPS) is 16.6. The summed E-state index contributed by atoms with van der Waals surface area (Å²) in [5.41, 5.74) is 0.479. The zero-order valence-corrected chi connectivity index (χ0v) is 16.0. The van der Waals surface area contributed by atoms with Crippen molar-refractivity contribution in [3.63, 3.8) is 0 Å². The summed E-state index contributed by atoms with van der Waals surface area (Å²) in [6, 6.07) is 6.06. The monoisotopic (exact) mass is 367 g/mol. The summed E-state index contributed by atoms with van der Waals surface area (Å²) < 4.78 is 25.2. The second kappa shape index (κ2) is 9.31. The largest absolute Gasteiger partial charge is 0.352 e. The van der Waals surface area contributed by atoms with Crippen molar-refractivity contribution >= 4 is 15.9 Å². The number of sulfonamides is 1. The van der Waals surface area contributed by atoms with Gasteiger partial charge in [0.15, 0.2) is 0 Å². The summed E-state index contributed by atoms with van der Waals surface area (Å²) in [5.74, 6) is -0.162. The third-order valence-corrected chi connectivity index (χ3v) is 6.36. The second-order valence-corrected chi connectivity index (χ2v) is 8.83. The number of hydrogen-bond donors (Lipinski definition) is 1. The first kappa shape index (κ1) is 19.9. The molecule has 2 rings (SSSR count). The van der Waals surface area contributed by atoms with Crippen LogP contribution in [0.5, 0.6) is 0 Å². The summed E-state index contributed by atoms with van der Waals surface area (Å²) in [7, 11) is -0.487. The Morgan fingerprint density at radius 1 is 1.08 bits per heavy atom. The Morgan fingerprint density at radius 2 is 1.68 bits per heavy atom. The van der Waals surface area contributed by atoms with Crippen molar-refractivity contribution in [1.29, 1.82) is 0 Å². The van der Waals surface area contributed by atoms with E-state index in [0.29, 0.717) is 12.1 Å². The van der Waals surface area contributed by atoms with Crippen molar-refractivity contribution in [3.05, 3.63) is 29.8 Å². The number of carbonyl (C=O) groups is 1. The summed E-state index contributed by atoms with van der Waals surface area (Å²) >= 11 is 0. The van der Waals surface area contributed by atoms with Gasteiger partial charge in [-0.25, -0.2) is 12.7 Å². The van der Waals surface area contributed by atoms with Crippen LogP contribution >= 0.6 is 0 Å². The number of amides is 1. The van der Waals surface area contributed by atoms with E-state index in [9.17, 15) is 13.2 Å². The molecule has 0 atom stereocenters. The van der Waals surface area contributed by atoms with Gasteiger partial charge in [-0.15, -0.1) is 0 Å². The van der Waals surface area contributed by atoms with Gasteiger partial charge < -0.3 is 10.2 Å². The number of nitrogens with one attached hydrogen (secondary N) is 1. The maximum absolute atomic E-state index is 12.2. The summed E-state index contributed by atoms with van der Waals surface area (Å²) in [6.07, 6.45) is 6.13. The van der Waals surface area contributed by atoms with E-state index in [0.717, 1.165) is 30.4 Å². The number of rotatable bonds is 7. The molecule has 140 valence electrons. The maximum atomic E-state index is 12.2. The molecule has 1 aliphatic heterocycles. The van der Waals surface area contributed by atoms with Gasteiger partial charge in [-0.05, 0) is 63.2 Å². The van der Waals surface area contributed by atoms with Crippen LogP contribution < -0.4 is 5.32 Å². The zero-order chi connectivity index (χ0) is 18.3. The molecule has 1 aromatic rings. The fraction of sp³-hybridized carbons (Fsp3) is 0.611. The lowest BCUT2D eigenvalue weighted by Gasteiger charge is -2.19. The first-order chi connectivity index (χ1) is 11.9. The smallest absolute Gasteiger partial charge is 0.251 e. The molecule has 0 unspecified atom stereocenters. The predicted octanol–water partition coefficient (Wildman–Crippen LogP) is 1.93. The highest BCUT2D eigenvalue weighted by molar-refractivity contribution is 7.89. The van der Waals surface area contributed by atoms with Crippen molar-refractivity contribution in [2.45, 2.75) is 37.0 Å². The molecular formula is C18H29N3O3S. The van der Waals surface area contributed by atoms with E-state index < -0.39 is 10.0 Å². The minimum Gasteiger partial charge on any atom is -0.352 e. The van der Waals surface area contributed by atoms with Crippen LogP contribution in [-0.2, 0) is 10.0 Å². The molecule has 1 N–H and O–H groups in total. The van der Waals surface area contributed by atoms with E-state index in [1.54, 1.807) is 12.1 Å². The molecule has 0 aromatic heterocycles. The van der Waals surface area contributed by atoms with E-state index in [4.69, 9.17) is 0 Å². The summed E-state index contributed by atoms with van der Waals surface area (Å²) in [5, 5.41) is 2.91. The molecule has 0 saturated carbocycles. The number of benzene rings is 1. The lowest BCUT2D eigenvalue weighted by atomic mass is 10.2. The SMILES string of the molecule is CN(C)S(=O)(=O)c1ccc(C(=O)NCCCN2CCCCCC2)cc1. The van der Waals surface area contributed by atoms with Crippen molar-refractivity contribution in [2.75, 3.05) is 40.3 Å². The molecule has 7 heteroatoms. The second-order valence-electron chi connectivity index (χ2n) is 6.68. The van der Waals surface area contributed by atoms with E-state index in [2.05, 4.69) is 10.2 Å². The van der Waals surface area contributed by atoms with Crippen LogP contribution in [0.25, 0.3) is 0 Å². The van der Waals surface area contributed by atoms with Crippen LogP contribution in [0.4, 0.5) is 0 Å². The van der Waals surface area contributed by atoms with Gasteiger partial charge in [0.1, 0.15) is 0 Å². The van der Waals surface area contributed by atoms with E-state index in [-0.39, 0.29) is 10.8 Å².